The molecule has 25 heavy (non-hydrogen) atoms. The van der Waals surface area contributed by atoms with E-state index in [2.05, 4.69) is 15.5 Å². The number of carboxylic acid groups (broad SMARTS) is 1. The number of benzene rings is 1. The lowest BCUT2D eigenvalue weighted by Crippen LogP contribution is -2.56. The van der Waals surface area contributed by atoms with Crippen LogP contribution in [-0.4, -0.2) is 51.3 Å². The topological polar surface area (TPSA) is 104 Å². The van der Waals surface area contributed by atoms with E-state index in [1.165, 1.54) is 0 Å². The minimum atomic E-state index is -1.20. The summed E-state index contributed by atoms with van der Waals surface area (Å²) in [6, 6.07) is 8.91. The third kappa shape index (κ3) is 3.63. The first kappa shape index (κ1) is 17.3. The van der Waals surface area contributed by atoms with Crippen molar-refractivity contribution >= 4 is 23.6 Å². The Labute approximate surface area is 149 Å². The van der Waals surface area contributed by atoms with Crippen LogP contribution in [-0.2, 0) is 4.79 Å². The van der Waals surface area contributed by atoms with Crippen molar-refractivity contribution in [2.24, 2.45) is 0 Å². The van der Waals surface area contributed by atoms with Crippen LogP contribution in [0.4, 0.5) is 0 Å². The summed E-state index contributed by atoms with van der Waals surface area (Å²) in [4.78, 5) is 24.2. The molecule has 0 atom stereocenters. The molecule has 1 aliphatic heterocycles. The van der Waals surface area contributed by atoms with Gasteiger partial charge >= 0.3 is 5.97 Å². The zero-order chi connectivity index (χ0) is 17.9. The molecule has 132 valence electrons. The number of aliphatic carboxylic acids is 1. The fourth-order valence-corrected chi connectivity index (χ4v) is 3.93. The van der Waals surface area contributed by atoms with Crippen LogP contribution in [0, 0.1) is 0 Å². The number of amides is 1. The fraction of sp³-hybridized carbons (Fsp3) is 0.353. The zero-order valence-electron chi connectivity index (χ0n) is 13.7. The number of nitrogens with zero attached hydrogens (tertiary/aromatic N) is 1. The summed E-state index contributed by atoms with van der Waals surface area (Å²) < 4.78 is 5.12. The number of aromatic nitrogens is 2. The second-order valence-electron chi connectivity index (χ2n) is 5.85. The van der Waals surface area contributed by atoms with Crippen LogP contribution in [0.25, 0.3) is 11.3 Å². The second-order valence-corrected chi connectivity index (χ2v) is 7.07. The largest absolute Gasteiger partial charge is 0.497 e. The lowest BCUT2D eigenvalue weighted by atomic mass is 9.92. The molecule has 0 unspecified atom stereocenters. The molecular weight excluding hydrogens is 342 g/mol. The van der Waals surface area contributed by atoms with Crippen molar-refractivity contribution in [3.8, 4) is 17.0 Å². The first-order chi connectivity index (χ1) is 12.0. The van der Waals surface area contributed by atoms with Gasteiger partial charge in [-0.1, -0.05) is 0 Å². The van der Waals surface area contributed by atoms with Gasteiger partial charge in [0, 0.05) is 5.56 Å². The highest BCUT2D eigenvalue weighted by Crippen LogP contribution is 2.28. The van der Waals surface area contributed by atoms with E-state index in [0.29, 0.717) is 30.0 Å². The Balaban J connectivity index is 1.76. The Morgan fingerprint density at radius 3 is 2.56 bits per heavy atom. The van der Waals surface area contributed by atoms with Gasteiger partial charge in [0.2, 0.25) is 0 Å². The zero-order valence-corrected chi connectivity index (χ0v) is 14.6. The van der Waals surface area contributed by atoms with Gasteiger partial charge in [0.1, 0.15) is 17.0 Å². The van der Waals surface area contributed by atoms with Crippen LogP contribution in [0.1, 0.15) is 23.3 Å². The standard InChI is InChI=1S/C17H19N3O4S/c1-24-12-4-2-11(3-5-12)13-10-14(20-19-13)15(21)18-17(16(22)23)6-8-25-9-7-17/h2-5,10H,6-9H2,1H3,(H,18,21)(H,19,20)(H,22,23). The Bertz CT molecular complexity index is 766. The maximum atomic E-state index is 12.5. The van der Waals surface area contributed by atoms with Crippen LogP contribution in [0.5, 0.6) is 5.75 Å². The van der Waals surface area contributed by atoms with E-state index < -0.39 is 17.4 Å². The summed E-state index contributed by atoms with van der Waals surface area (Å²) >= 11 is 1.70. The number of thioether (sulfide) groups is 1. The van der Waals surface area contributed by atoms with Crippen LogP contribution in [0.3, 0.4) is 0 Å². The second kappa shape index (κ2) is 7.18. The highest BCUT2D eigenvalue weighted by atomic mass is 32.2. The Morgan fingerprint density at radius 2 is 1.96 bits per heavy atom. The predicted octanol–water partition coefficient (Wildman–Crippen LogP) is 2.17. The molecule has 3 rings (SSSR count). The van der Waals surface area contributed by atoms with Crippen molar-refractivity contribution in [2.45, 2.75) is 18.4 Å². The molecular formula is C17H19N3O4S. The Hall–Kier alpha value is -2.48. The highest BCUT2D eigenvalue weighted by molar-refractivity contribution is 7.99. The van der Waals surface area contributed by atoms with Gasteiger partial charge in [0.15, 0.2) is 0 Å². The minimum Gasteiger partial charge on any atom is -0.497 e. The van der Waals surface area contributed by atoms with Crippen molar-refractivity contribution in [1.82, 2.24) is 15.5 Å². The van der Waals surface area contributed by atoms with Gasteiger partial charge in [-0.15, -0.1) is 0 Å². The van der Waals surface area contributed by atoms with E-state index in [-0.39, 0.29) is 5.69 Å². The molecule has 8 heteroatoms. The number of hydrogen-bond acceptors (Lipinski definition) is 5. The maximum absolute atomic E-state index is 12.5. The van der Waals surface area contributed by atoms with Crippen molar-refractivity contribution in [1.29, 1.82) is 0 Å². The van der Waals surface area contributed by atoms with Gasteiger partial charge in [-0.3, -0.25) is 9.89 Å². The fourth-order valence-electron chi connectivity index (χ4n) is 2.74. The van der Waals surface area contributed by atoms with Crippen LogP contribution < -0.4 is 10.1 Å². The monoisotopic (exact) mass is 361 g/mol. The van der Waals surface area contributed by atoms with Gasteiger partial charge in [-0.25, -0.2) is 4.79 Å². The number of H-pyrrole nitrogens is 1. The van der Waals surface area contributed by atoms with E-state index in [4.69, 9.17) is 4.74 Å². The number of nitrogens with one attached hydrogen (secondary N) is 2. The molecule has 2 heterocycles. The molecule has 0 bridgehead atoms. The molecule has 1 aromatic carbocycles. The summed E-state index contributed by atoms with van der Waals surface area (Å²) in [6.07, 6.45) is 0.830. The average Bonchev–Trinajstić information content (AvgIpc) is 3.13. The van der Waals surface area contributed by atoms with E-state index in [9.17, 15) is 14.7 Å². The van der Waals surface area contributed by atoms with Gasteiger partial charge in [-0.05, 0) is 54.7 Å². The molecule has 1 amide bonds. The number of methoxy groups -OCH3 is 1. The summed E-state index contributed by atoms with van der Waals surface area (Å²) in [6.45, 7) is 0. The quantitative estimate of drug-likeness (QED) is 0.754. The summed E-state index contributed by atoms with van der Waals surface area (Å²) in [5.74, 6) is 0.715. The van der Waals surface area contributed by atoms with E-state index in [0.717, 1.165) is 11.3 Å². The third-order valence-electron chi connectivity index (χ3n) is 4.32. The van der Waals surface area contributed by atoms with E-state index in [1.807, 2.05) is 24.3 Å². The van der Waals surface area contributed by atoms with Gasteiger partial charge in [0.25, 0.3) is 5.91 Å². The molecule has 0 spiro atoms. The van der Waals surface area contributed by atoms with Crippen molar-refractivity contribution in [3.63, 3.8) is 0 Å². The van der Waals surface area contributed by atoms with Crippen molar-refractivity contribution in [2.75, 3.05) is 18.6 Å². The number of carbonyl (C=O) groups excluding carboxylic acids is 1. The lowest BCUT2D eigenvalue weighted by molar-refractivity contribution is -0.144. The summed E-state index contributed by atoms with van der Waals surface area (Å²) in [7, 11) is 1.59. The Morgan fingerprint density at radius 1 is 1.28 bits per heavy atom. The smallest absolute Gasteiger partial charge is 0.329 e. The SMILES string of the molecule is COc1ccc(-c2cc(C(=O)NC3(C(=O)O)CCSCC3)[nH]n2)cc1. The molecule has 0 saturated carbocycles. The first-order valence-electron chi connectivity index (χ1n) is 7.87. The van der Waals surface area contributed by atoms with E-state index in [1.54, 1.807) is 24.9 Å². The molecule has 1 fully saturated rings. The number of carbonyl (C=O) groups is 2. The summed E-state index contributed by atoms with van der Waals surface area (Å²) in [5, 5.41) is 19.1. The van der Waals surface area contributed by atoms with Crippen LogP contribution in [0.15, 0.2) is 30.3 Å². The predicted molar refractivity (Wildman–Crippen MR) is 95.0 cm³/mol. The lowest BCUT2D eigenvalue weighted by Gasteiger charge is -2.33. The minimum absolute atomic E-state index is 0.240. The summed E-state index contributed by atoms with van der Waals surface area (Å²) in [5.41, 5.74) is 0.479. The van der Waals surface area contributed by atoms with E-state index >= 15 is 0 Å². The van der Waals surface area contributed by atoms with Crippen molar-refractivity contribution in [3.05, 3.63) is 36.0 Å². The number of aromatic amines is 1. The molecule has 3 N–H and O–H groups in total. The molecule has 2 aromatic rings. The highest BCUT2D eigenvalue weighted by Gasteiger charge is 2.41. The van der Waals surface area contributed by atoms with Gasteiger partial charge in [0.05, 0.1) is 12.8 Å². The third-order valence-corrected chi connectivity index (χ3v) is 5.30. The molecule has 7 nitrogen and oxygen atoms in total. The van der Waals surface area contributed by atoms with Crippen LogP contribution >= 0.6 is 11.8 Å². The number of rotatable bonds is 5. The molecule has 0 radical (unpaired) electrons. The van der Waals surface area contributed by atoms with Crippen molar-refractivity contribution < 1.29 is 19.4 Å². The Kier molecular flexibility index (Phi) is 4.98. The number of carboxylic acids is 1. The first-order valence-corrected chi connectivity index (χ1v) is 9.03. The normalized spacial score (nSPS) is 16.2. The van der Waals surface area contributed by atoms with Gasteiger partial charge < -0.3 is 15.2 Å². The molecule has 1 aliphatic rings. The van der Waals surface area contributed by atoms with Crippen LogP contribution in [0.2, 0.25) is 0 Å². The molecule has 0 aliphatic carbocycles. The molecule has 1 aromatic heterocycles. The maximum Gasteiger partial charge on any atom is 0.329 e. The average molecular weight is 361 g/mol. The number of ether oxygens (including phenoxy) is 1. The number of hydrogen-bond donors (Lipinski definition) is 3. The van der Waals surface area contributed by atoms with Gasteiger partial charge in [-0.2, -0.15) is 16.9 Å². The molecule has 1 saturated heterocycles.